The van der Waals surface area contributed by atoms with E-state index in [1.165, 1.54) is 11.1 Å². The molecule has 7 nitrogen and oxygen atoms in total. The monoisotopic (exact) mass is 278 g/mol. The molecule has 0 aliphatic heterocycles. The van der Waals surface area contributed by atoms with E-state index in [2.05, 4.69) is 10.1 Å². The molecule has 0 saturated heterocycles. The summed E-state index contributed by atoms with van der Waals surface area (Å²) in [5.41, 5.74) is 2.56. The van der Waals surface area contributed by atoms with Crippen LogP contribution in [0.3, 0.4) is 0 Å². The number of amides is 1. The van der Waals surface area contributed by atoms with Gasteiger partial charge in [0, 0.05) is 24.5 Å². The number of hydrogen-bond acceptors (Lipinski definition) is 5. The summed E-state index contributed by atoms with van der Waals surface area (Å²) in [6, 6.07) is 1.88. The Hall–Kier alpha value is -1.99. The number of fused-ring (bicyclic) bond motifs is 1. The fourth-order valence-corrected chi connectivity index (χ4v) is 2.15. The van der Waals surface area contributed by atoms with Crippen LogP contribution in [0.15, 0.2) is 12.3 Å². The normalized spacial score (nSPS) is 11.0. The Kier molecular flexibility index (Phi) is 4.31. The highest BCUT2D eigenvalue weighted by Crippen LogP contribution is 2.14. The van der Waals surface area contributed by atoms with Gasteiger partial charge in [-0.15, -0.1) is 0 Å². The van der Waals surface area contributed by atoms with E-state index in [4.69, 9.17) is 10.2 Å². The SMILES string of the molecule is Cc1cc(C)n2ncc(C(=O)N(CCO)CCO)c2n1. The highest BCUT2D eigenvalue weighted by Gasteiger charge is 2.20. The molecule has 108 valence electrons. The molecule has 0 radical (unpaired) electrons. The average molecular weight is 278 g/mol. The van der Waals surface area contributed by atoms with Crippen molar-refractivity contribution in [3.05, 3.63) is 29.2 Å². The van der Waals surface area contributed by atoms with Crippen molar-refractivity contribution in [1.29, 1.82) is 0 Å². The van der Waals surface area contributed by atoms with Crippen molar-refractivity contribution in [2.75, 3.05) is 26.3 Å². The minimum atomic E-state index is -0.291. The van der Waals surface area contributed by atoms with Crippen LogP contribution in [0.2, 0.25) is 0 Å². The molecule has 2 rings (SSSR count). The smallest absolute Gasteiger partial charge is 0.259 e. The van der Waals surface area contributed by atoms with Crippen molar-refractivity contribution < 1.29 is 15.0 Å². The third-order valence-electron chi connectivity index (χ3n) is 3.04. The second kappa shape index (κ2) is 5.98. The average Bonchev–Trinajstić information content (AvgIpc) is 2.81. The summed E-state index contributed by atoms with van der Waals surface area (Å²) >= 11 is 0. The van der Waals surface area contributed by atoms with E-state index in [1.54, 1.807) is 4.52 Å². The molecule has 0 unspecified atom stereocenters. The molecule has 0 atom stereocenters. The van der Waals surface area contributed by atoms with Gasteiger partial charge in [-0.25, -0.2) is 9.50 Å². The van der Waals surface area contributed by atoms with Gasteiger partial charge in [0.2, 0.25) is 0 Å². The van der Waals surface area contributed by atoms with Crippen molar-refractivity contribution in [1.82, 2.24) is 19.5 Å². The van der Waals surface area contributed by atoms with Gasteiger partial charge in [0.1, 0.15) is 5.56 Å². The second-order valence-electron chi connectivity index (χ2n) is 4.57. The van der Waals surface area contributed by atoms with Crippen molar-refractivity contribution in [2.24, 2.45) is 0 Å². The quantitative estimate of drug-likeness (QED) is 0.788. The van der Waals surface area contributed by atoms with E-state index >= 15 is 0 Å². The van der Waals surface area contributed by atoms with Gasteiger partial charge < -0.3 is 15.1 Å². The molecule has 2 aromatic rings. The van der Waals surface area contributed by atoms with Crippen LogP contribution in [0.4, 0.5) is 0 Å². The summed E-state index contributed by atoms with van der Waals surface area (Å²) in [5, 5.41) is 22.2. The number of carbonyl (C=O) groups is 1. The van der Waals surface area contributed by atoms with Crippen molar-refractivity contribution in [3.8, 4) is 0 Å². The van der Waals surface area contributed by atoms with Crippen LogP contribution in [0.5, 0.6) is 0 Å². The van der Waals surface area contributed by atoms with Crippen LogP contribution in [0.1, 0.15) is 21.7 Å². The predicted molar refractivity (Wildman–Crippen MR) is 72.5 cm³/mol. The summed E-state index contributed by atoms with van der Waals surface area (Å²) in [5.74, 6) is -0.291. The van der Waals surface area contributed by atoms with E-state index in [1.807, 2.05) is 19.9 Å². The van der Waals surface area contributed by atoms with Crippen LogP contribution >= 0.6 is 0 Å². The van der Waals surface area contributed by atoms with Crippen LogP contribution in [-0.4, -0.2) is 61.9 Å². The second-order valence-corrected chi connectivity index (χ2v) is 4.57. The summed E-state index contributed by atoms with van der Waals surface area (Å²) in [7, 11) is 0. The zero-order valence-corrected chi connectivity index (χ0v) is 11.6. The van der Waals surface area contributed by atoms with E-state index in [9.17, 15) is 4.79 Å². The number of nitrogens with zero attached hydrogens (tertiary/aromatic N) is 4. The van der Waals surface area contributed by atoms with Gasteiger partial charge >= 0.3 is 0 Å². The van der Waals surface area contributed by atoms with Crippen molar-refractivity contribution in [2.45, 2.75) is 13.8 Å². The van der Waals surface area contributed by atoms with Gasteiger partial charge in [-0.2, -0.15) is 5.10 Å². The number of aliphatic hydroxyl groups excluding tert-OH is 2. The first kappa shape index (κ1) is 14.4. The molecule has 0 bridgehead atoms. The van der Waals surface area contributed by atoms with Gasteiger partial charge in [-0.3, -0.25) is 4.79 Å². The van der Waals surface area contributed by atoms with Crippen LogP contribution < -0.4 is 0 Å². The lowest BCUT2D eigenvalue weighted by molar-refractivity contribution is 0.0686. The van der Waals surface area contributed by atoms with E-state index in [0.717, 1.165) is 11.4 Å². The third kappa shape index (κ3) is 2.63. The summed E-state index contributed by atoms with van der Waals surface area (Å²) in [6.07, 6.45) is 1.47. The first-order valence-corrected chi connectivity index (χ1v) is 6.41. The fraction of sp³-hybridized carbons (Fsp3) is 0.462. The molecule has 2 N–H and O–H groups in total. The molecule has 1 amide bonds. The number of carbonyl (C=O) groups excluding carboxylic acids is 1. The molecule has 0 fully saturated rings. The zero-order chi connectivity index (χ0) is 14.7. The fourth-order valence-electron chi connectivity index (χ4n) is 2.15. The number of aromatic nitrogens is 3. The summed E-state index contributed by atoms with van der Waals surface area (Å²) < 4.78 is 1.61. The standard InChI is InChI=1S/C13H18N4O3/c1-9-7-10(2)17-12(15-9)11(8-14-17)13(20)16(3-5-18)4-6-19/h7-8,18-19H,3-6H2,1-2H3. The van der Waals surface area contributed by atoms with Gasteiger partial charge in [0.05, 0.1) is 19.4 Å². The third-order valence-corrected chi connectivity index (χ3v) is 3.04. The first-order chi connectivity index (χ1) is 9.58. The van der Waals surface area contributed by atoms with Gasteiger partial charge in [-0.05, 0) is 19.9 Å². The van der Waals surface area contributed by atoms with Gasteiger partial charge in [0.15, 0.2) is 5.65 Å². The number of hydrogen-bond donors (Lipinski definition) is 2. The molecule has 0 saturated carbocycles. The van der Waals surface area contributed by atoms with Gasteiger partial charge in [0.25, 0.3) is 5.91 Å². The maximum Gasteiger partial charge on any atom is 0.259 e. The van der Waals surface area contributed by atoms with Crippen LogP contribution in [-0.2, 0) is 0 Å². The Bertz CT molecular complexity index is 617. The first-order valence-electron chi connectivity index (χ1n) is 6.41. The van der Waals surface area contributed by atoms with Crippen molar-refractivity contribution in [3.63, 3.8) is 0 Å². The Morgan fingerprint density at radius 3 is 2.55 bits per heavy atom. The highest BCUT2D eigenvalue weighted by molar-refractivity contribution is 5.99. The molecular formula is C13H18N4O3. The Labute approximate surface area is 116 Å². The van der Waals surface area contributed by atoms with E-state index in [0.29, 0.717) is 11.2 Å². The Morgan fingerprint density at radius 2 is 1.95 bits per heavy atom. The topological polar surface area (TPSA) is 91.0 Å². The van der Waals surface area contributed by atoms with Crippen LogP contribution in [0, 0.1) is 13.8 Å². The molecule has 0 spiro atoms. The molecular weight excluding hydrogens is 260 g/mol. The number of rotatable bonds is 5. The van der Waals surface area contributed by atoms with Crippen LogP contribution in [0.25, 0.3) is 5.65 Å². The molecule has 0 aromatic carbocycles. The lowest BCUT2D eigenvalue weighted by atomic mass is 10.2. The maximum absolute atomic E-state index is 12.4. The maximum atomic E-state index is 12.4. The Morgan fingerprint density at radius 1 is 1.30 bits per heavy atom. The lowest BCUT2D eigenvalue weighted by Crippen LogP contribution is -2.35. The molecule has 2 heterocycles. The zero-order valence-electron chi connectivity index (χ0n) is 11.6. The largest absolute Gasteiger partial charge is 0.395 e. The molecule has 7 heteroatoms. The summed E-state index contributed by atoms with van der Waals surface area (Å²) in [4.78, 5) is 18.2. The van der Waals surface area contributed by atoms with E-state index < -0.39 is 0 Å². The Balaban J connectivity index is 2.43. The summed E-state index contributed by atoms with van der Waals surface area (Å²) in [6.45, 7) is 3.77. The minimum absolute atomic E-state index is 0.156. The molecule has 2 aromatic heterocycles. The van der Waals surface area contributed by atoms with Gasteiger partial charge in [-0.1, -0.05) is 0 Å². The molecule has 20 heavy (non-hydrogen) atoms. The predicted octanol–water partition coefficient (Wildman–Crippen LogP) is -0.227. The number of aliphatic hydroxyl groups is 2. The minimum Gasteiger partial charge on any atom is -0.395 e. The lowest BCUT2D eigenvalue weighted by Gasteiger charge is -2.19. The highest BCUT2D eigenvalue weighted by atomic mass is 16.3. The number of aryl methyl sites for hydroxylation is 2. The van der Waals surface area contributed by atoms with Crippen molar-refractivity contribution >= 4 is 11.6 Å². The van der Waals surface area contributed by atoms with E-state index in [-0.39, 0.29) is 32.2 Å². The molecule has 0 aliphatic rings. The molecule has 0 aliphatic carbocycles.